The van der Waals surface area contributed by atoms with Crippen molar-refractivity contribution in [1.82, 2.24) is 29.8 Å². The maximum atomic E-state index is 12.1. The number of benzene rings is 1. The summed E-state index contributed by atoms with van der Waals surface area (Å²) in [5, 5.41) is 6.96. The van der Waals surface area contributed by atoms with E-state index in [0.717, 1.165) is 22.5 Å². The van der Waals surface area contributed by atoms with Crippen molar-refractivity contribution in [2.45, 2.75) is 32.7 Å². The summed E-state index contributed by atoms with van der Waals surface area (Å²) in [6.07, 6.45) is 8.52. The van der Waals surface area contributed by atoms with Crippen LogP contribution in [0, 0.1) is 6.92 Å². The van der Waals surface area contributed by atoms with E-state index in [1.54, 1.807) is 18.6 Å². The molecule has 8 nitrogen and oxygen atoms in total. The van der Waals surface area contributed by atoms with Gasteiger partial charge in [0.1, 0.15) is 0 Å². The Kier molecular flexibility index (Phi) is 5.09. The number of nitrogens with zero attached hydrogens (tertiary/aromatic N) is 5. The minimum absolute atomic E-state index is 0.0253. The van der Waals surface area contributed by atoms with E-state index in [1.165, 1.54) is 0 Å². The van der Waals surface area contributed by atoms with Crippen LogP contribution in [-0.4, -0.2) is 30.4 Å². The maximum Gasteiger partial charge on any atom is 0.226 e. The molecule has 0 aliphatic rings. The molecule has 0 aliphatic heterocycles. The number of aryl methyl sites for hydroxylation is 2. The quantitative estimate of drug-likeness (QED) is 0.532. The molecule has 0 fully saturated rings. The summed E-state index contributed by atoms with van der Waals surface area (Å²) in [4.78, 5) is 24.8. The smallest absolute Gasteiger partial charge is 0.226 e. The minimum atomic E-state index is -0.0253. The normalized spacial score (nSPS) is 11.0. The van der Waals surface area contributed by atoms with Gasteiger partial charge in [0.05, 0.1) is 24.6 Å². The molecule has 28 heavy (non-hydrogen) atoms. The summed E-state index contributed by atoms with van der Waals surface area (Å²) >= 11 is 0. The van der Waals surface area contributed by atoms with Gasteiger partial charge in [-0.15, -0.1) is 0 Å². The first-order valence-corrected chi connectivity index (χ1v) is 9.12. The summed E-state index contributed by atoms with van der Waals surface area (Å²) in [6.45, 7) is 2.43. The van der Waals surface area contributed by atoms with Crippen LogP contribution in [0.1, 0.15) is 30.0 Å². The molecule has 142 valence electrons. The second-order valence-electron chi connectivity index (χ2n) is 6.51. The fourth-order valence-corrected chi connectivity index (χ4v) is 2.99. The average molecular weight is 376 g/mol. The van der Waals surface area contributed by atoms with Gasteiger partial charge in [0.2, 0.25) is 17.6 Å². The third-order valence-electron chi connectivity index (χ3n) is 4.51. The molecule has 0 unspecified atom stereocenters. The van der Waals surface area contributed by atoms with Gasteiger partial charge >= 0.3 is 0 Å². The number of hydrogen-bond acceptors (Lipinski definition) is 6. The summed E-state index contributed by atoms with van der Waals surface area (Å²) in [5.41, 5.74) is 3.72. The Morgan fingerprint density at radius 3 is 3.04 bits per heavy atom. The highest BCUT2D eigenvalue weighted by Crippen LogP contribution is 2.20. The Bertz CT molecular complexity index is 1100. The van der Waals surface area contributed by atoms with Gasteiger partial charge in [-0.3, -0.25) is 14.2 Å². The molecule has 0 atom stereocenters. The van der Waals surface area contributed by atoms with Crippen molar-refractivity contribution in [2.75, 3.05) is 0 Å². The van der Waals surface area contributed by atoms with Gasteiger partial charge in [-0.25, -0.2) is 4.98 Å². The first-order chi connectivity index (χ1) is 13.7. The van der Waals surface area contributed by atoms with Crippen LogP contribution in [-0.2, 0) is 17.8 Å². The zero-order chi connectivity index (χ0) is 19.3. The lowest BCUT2D eigenvalue weighted by Crippen LogP contribution is -2.23. The lowest BCUT2D eigenvalue weighted by atomic mass is 10.1. The standard InChI is InChI=1S/C20H20N6O2/c1-14-5-2-3-6-16(14)20-24-19(28-25-20)8-4-7-18(27)23-12-15-11-22-17-13-21-9-10-26(15)17/h2-3,5-6,9-11,13H,4,7-8,12H2,1H3,(H,23,27). The second kappa shape index (κ2) is 7.99. The Labute approximate surface area is 161 Å². The fourth-order valence-electron chi connectivity index (χ4n) is 2.99. The van der Waals surface area contributed by atoms with Crippen LogP contribution in [0.5, 0.6) is 0 Å². The van der Waals surface area contributed by atoms with Crippen LogP contribution in [0.2, 0.25) is 0 Å². The monoisotopic (exact) mass is 376 g/mol. The predicted octanol–water partition coefficient (Wildman–Crippen LogP) is 2.73. The number of rotatable bonds is 7. The third kappa shape index (κ3) is 3.90. The molecule has 1 N–H and O–H groups in total. The number of nitrogens with one attached hydrogen (secondary N) is 1. The lowest BCUT2D eigenvalue weighted by Gasteiger charge is -2.04. The highest BCUT2D eigenvalue weighted by Gasteiger charge is 2.11. The number of fused-ring (bicyclic) bond motifs is 1. The van der Waals surface area contributed by atoms with Crippen LogP contribution in [0.4, 0.5) is 0 Å². The molecule has 0 radical (unpaired) electrons. The maximum absolute atomic E-state index is 12.1. The number of carbonyl (C=O) groups is 1. The molecule has 1 aromatic carbocycles. The summed E-state index contributed by atoms with van der Waals surface area (Å²) < 4.78 is 7.21. The average Bonchev–Trinajstić information content (AvgIpc) is 3.34. The molecule has 3 heterocycles. The highest BCUT2D eigenvalue weighted by atomic mass is 16.5. The van der Waals surface area contributed by atoms with Gasteiger partial charge in [0, 0.05) is 30.8 Å². The van der Waals surface area contributed by atoms with Gasteiger partial charge < -0.3 is 9.84 Å². The number of hydrogen-bond donors (Lipinski definition) is 1. The van der Waals surface area contributed by atoms with Crippen LogP contribution in [0.15, 0.2) is 53.6 Å². The van der Waals surface area contributed by atoms with E-state index in [-0.39, 0.29) is 5.91 Å². The van der Waals surface area contributed by atoms with E-state index >= 15 is 0 Å². The van der Waals surface area contributed by atoms with Gasteiger partial charge in [-0.1, -0.05) is 29.4 Å². The van der Waals surface area contributed by atoms with Crippen LogP contribution >= 0.6 is 0 Å². The van der Waals surface area contributed by atoms with Crippen LogP contribution < -0.4 is 5.32 Å². The highest BCUT2D eigenvalue weighted by molar-refractivity contribution is 5.75. The molecule has 4 rings (SSSR count). The van der Waals surface area contributed by atoms with E-state index in [0.29, 0.717) is 37.5 Å². The van der Waals surface area contributed by atoms with Gasteiger partial charge in [-0.2, -0.15) is 4.98 Å². The molecule has 0 saturated heterocycles. The number of aromatic nitrogens is 5. The number of amides is 1. The van der Waals surface area contributed by atoms with Crippen molar-refractivity contribution in [3.63, 3.8) is 0 Å². The Morgan fingerprint density at radius 1 is 1.25 bits per heavy atom. The van der Waals surface area contributed by atoms with Crippen LogP contribution in [0.3, 0.4) is 0 Å². The molecule has 0 bridgehead atoms. The van der Waals surface area contributed by atoms with Crippen molar-refractivity contribution < 1.29 is 9.32 Å². The van der Waals surface area contributed by atoms with E-state index in [2.05, 4.69) is 25.4 Å². The van der Waals surface area contributed by atoms with E-state index in [9.17, 15) is 4.79 Å². The van der Waals surface area contributed by atoms with Crippen LogP contribution in [0.25, 0.3) is 17.0 Å². The predicted molar refractivity (Wildman–Crippen MR) is 102 cm³/mol. The van der Waals surface area contributed by atoms with Gasteiger partial charge in [-0.05, 0) is 18.9 Å². The largest absolute Gasteiger partial charge is 0.350 e. The van der Waals surface area contributed by atoms with Gasteiger partial charge in [0.15, 0.2) is 5.65 Å². The molecule has 3 aromatic heterocycles. The molecule has 0 spiro atoms. The molecule has 8 heteroatoms. The second-order valence-corrected chi connectivity index (χ2v) is 6.51. The summed E-state index contributed by atoms with van der Waals surface area (Å²) in [5.74, 6) is 1.10. The Hall–Kier alpha value is -3.55. The summed E-state index contributed by atoms with van der Waals surface area (Å²) in [7, 11) is 0. The van der Waals surface area contributed by atoms with Crippen molar-refractivity contribution in [1.29, 1.82) is 0 Å². The molecule has 4 aromatic rings. The zero-order valence-corrected chi connectivity index (χ0v) is 15.5. The number of carbonyl (C=O) groups excluding carboxylic acids is 1. The van der Waals surface area contributed by atoms with Crippen molar-refractivity contribution in [3.05, 3.63) is 66.2 Å². The summed E-state index contributed by atoms with van der Waals surface area (Å²) in [6, 6.07) is 7.90. The molecule has 1 amide bonds. The molecular weight excluding hydrogens is 356 g/mol. The molecule has 0 saturated carbocycles. The molecular formula is C20H20N6O2. The van der Waals surface area contributed by atoms with E-state index < -0.39 is 0 Å². The number of imidazole rings is 1. The zero-order valence-electron chi connectivity index (χ0n) is 15.5. The lowest BCUT2D eigenvalue weighted by molar-refractivity contribution is -0.121. The Morgan fingerprint density at radius 2 is 2.14 bits per heavy atom. The van der Waals surface area contributed by atoms with Crippen molar-refractivity contribution in [2.24, 2.45) is 0 Å². The minimum Gasteiger partial charge on any atom is -0.350 e. The topological polar surface area (TPSA) is 98.2 Å². The van der Waals surface area contributed by atoms with E-state index in [4.69, 9.17) is 4.52 Å². The fraction of sp³-hybridized carbons (Fsp3) is 0.250. The van der Waals surface area contributed by atoms with Crippen molar-refractivity contribution >= 4 is 11.6 Å². The third-order valence-corrected chi connectivity index (χ3v) is 4.51. The Balaban J connectivity index is 1.26. The first kappa shape index (κ1) is 17.8. The van der Waals surface area contributed by atoms with Crippen molar-refractivity contribution in [3.8, 4) is 11.4 Å². The van der Waals surface area contributed by atoms with E-state index in [1.807, 2.05) is 41.8 Å². The van der Waals surface area contributed by atoms with Gasteiger partial charge in [0.25, 0.3) is 0 Å². The molecule has 0 aliphatic carbocycles. The SMILES string of the molecule is Cc1ccccc1-c1noc(CCCC(=O)NCc2cnc3cnccn23)n1. The first-order valence-electron chi connectivity index (χ1n) is 9.12.